The van der Waals surface area contributed by atoms with E-state index < -0.39 is 11.8 Å². The monoisotopic (exact) mass is 329 g/mol. The molecule has 2 amide bonds. The van der Waals surface area contributed by atoms with Crippen LogP contribution in [0.3, 0.4) is 0 Å². The fourth-order valence-electron chi connectivity index (χ4n) is 2.04. The molecule has 3 rings (SSSR count). The Kier molecular flexibility index (Phi) is 3.99. The van der Waals surface area contributed by atoms with E-state index >= 15 is 0 Å². The van der Waals surface area contributed by atoms with E-state index in [0.29, 0.717) is 21.7 Å². The molecule has 23 heavy (non-hydrogen) atoms. The van der Waals surface area contributed by atoms with Gasteiger partial charge in [0.15, 0.2) is 5.58 Å². The number of carbonyl (C=O) groups is 2. The summed E-state index contributed by atoms with van der Waals surface area (Å²) in [5.41, 5.74) is 7.42. The molecule has 116 valence electrons. The molecule has 0 aliphatic heterocycles. The third-order valence-electron chi connectivity index (χ3n) is 3.24. The zero-order valence-corrected chi connectivity index (χ0v) is 12.6. The molecule has 0 bridgehead atoms. The quantitative estimate of drug-likeness (QED) is 0.768. The van der Waals surface area contributed by atoms with Gasteiger partial charge in [-0.2, -0.15) is 0 Å². The van der Waals surface area contributed by atoms with Crippen LogP contribution in [0.5, 0.6) is 0 Å². The van der Waals surface area contributed by atoms with Crippen LogP contribution < -0.4 is 11.1 Å². The molecule has 0 saturated heterocycles. The highest BCUT2D eigenvalue weighted by Crippen LogP contribution is 2.19. The highest BCUT2D eigenvalue weighted by Gasteiger charge is 2.14. The molecule has 0 aliphatic rings. The molecule has 1 aromatic heterocycles. The SMILES string of the molecule is NC(=O)c1ccc(CNC(=O)c2nc3cc(Cl)ccc3o2)cc1. The van der Waals surface area contributed by atoms with Crippen molar-refractivity contribution in [3.63, 3.8) is 0 Å². The van der Waals surface area contributed by atoms with Crippen LogP contribution >= 0.6 is 11.6 Å². The van der Waals surface area contributed by atoms with Crippen molar-refractivity contribution in [1.29, 1.82) is 0 Å². The summed E-state index contributed by atoms with van der Waals surface area (Å²) >= 11 is 5.87. The number of nitrogens with two attached hydrogens (primary N) is 1. The standard InChI is InChI=1S/C16H12ClN3O3/c17-11-5-6-13-12(7-11)20-16(23-13)15(22)19-8-9-1-3-10(4-2-9)14(18)21/h1-7H,8H2,(H2,18,21)(H,19,22). The second kappa shape index (κ2) is 6.10. The lowest BCUT2D eigenvalue weighted by atomic mass is 10.1. The molecule has 0 aliphatic carbocycles. The first-order chi connectivity index (χ1) is 11.0. The number of nitrogens with zero attached hydrogens (tertiary/aromatic N) is 1. The molecule has 0 unspecified atom stereocenters. The van der Waals surface area contributed by atoms with Gasteiger partial charge in [0.05, 0.1) is 0 Å². The van der Waals surface area contributed by atoms with Gasteiger partial charge < -0.3 is 15.5 Å². The Labute approximate surface area is 136 Å². The molecule has 0 spiro atoms. The summed E-state index contributed by atoms with van der Waals surface area (Å²) in [4.78, 5) is 27.2. The number of amides is 2. The highest BCUT2D eigenvalue weighted by atomic mass is 35.5. The van der Waals surface area contributed by atoms with E-state index in [2.05, 4.69) is 10.3 Å². The van der Waals surface area contributed by atoms with Crippen LogP contribution in [0.2, 0.25) is 5.02 Å². The number of carbonyl (C=O) groups excluding carboxylic acids is 2. The van der Waals surface area contributed by atoms with Gasteiger partial charge in [0.2, 0.25) is 5.91 Å². The number of nitrogens with one attached hydrogen (secondary N) is 1. The molecule has 0 fully saturated rings. The van der Waals surface area contributed by atoms with Crippen LogP contribution in [0.1, 0.15) is 26.6 Å². The van der Waals surface area contributed by atoms with Crippen LogP contribution in [-0.4, -0.2) is 16.8 Å². The Morgan fingerprint density at radius 3 is 2.61 bits per heavy atom. The first-order valence-electron chi connectivity index (χ1n) is 6.76. The maximum absolute atomic E-state index is 12.1. The molecule has 2 aromatic carbocycles. The second-order valence-corrected chi connectivity index (χ2v) is 5.31. The van der Waals surface area contributed by atoms with Crippen molar-refractivity contribution in [2.24, 2.45) is 5.73 Å². The Morgan fingerprint density at radius 2 is 1.91 bits per heavy atom. The fraction of sp³-hybridized carbons (Fsp3) is 0.0625. The van der Waals surface area contributed by atoms with Crippen LogP contribution in [0, 0.1) is 0 Å². The van der Waals surface area contributed by atoms with Gasteiger partial charge in [0.25, 0.3) is 5.89 Å². The molecule has 0 saturated carbocycles. The number of oxazole rings is 1. The van der Waals surface area contributed by atoms with Crippen LogP contribution in [-0.2, 0) is 6.54 Å². The molecule has 0 atom stereocenters. The maximum Gasteiger partial charge on any atom is 0.307 e. The largest absolute Gasteiger partial charge is 0.432 e. The van der Waals surface area contributed by atoms with Crippen molar-refractivity contribution >= 4 is 34.5 Å². The maximum atomic E-state index is 12.1. The highest BCUT2D eigenvalue weighted by molar-refractivity contribution is 6.31. The summed E-state index contributed by atoms with van der Waals surface area (Å²) in [5, 5.41) is 3.22. The van der Waals surface area contributed by atoms with E-state index in [1.165, 1.54) is 0 Å². The minimum Gasteiger partial charge on any atom is -0.432 e. The Bertz CT molecular complexity index is 887. The van der Waals surface area contributed by atoms with Gasteiger partial charge in [-0.15, -0.1) is 0 Å². The van der Waals surface area contributed by atoms with Crippen molar-refractivity contribution in [3.05, 3.63) is 64.5 Å². The molecular weight excluding hydrogens is 318 g/mol. The molecule has 1 heterocycles. The van der Waals surface area contributed by atoms with Gasteiger partial charge in [0, 0.05) is 17.1 Å². The number of aromatic nitrogens is 1. The zero-order chi connectivity index (χ0) is 16.4. The van der Waals surface area contributed by atoms with E-state index in [4.69, 9.17) is 21.8 Å². The summed E-state index contributed by atoms with van der Waals surface area (Å²) in [5.74, 6) is -0.960. The molecule has 3 N–H and O–H groups in total. The Hall–Kier alpha value is -2.86. The van der Waals surface area contributed by atoms with E-state index in [1.54, 1.807) is 42.5 Å². The summed E-state index contributed by atoms with van der Waals surface area (Å²) in [6.07, 6.45) is 0. The average molecular weight is 330 g/mol. The summed E-state index contributed by atoms with van der Waals surface area (Å²) in [7, 11) is 0. The lowest BCUT2D eigenvalue weighted by Gasteiger charge is -2.03. The molecule has 6 nitrogen and oxygen atoms in total. The first-order valence-corrected chi connectivity index (χ1v) is 7.14. The van der Waals surface area contributed by atoms with E-state index in [1.807, 2.05) is 0 Å². The van der Waals surface area contributed by atoms with Gasteiger partial charge in [-0.3, -0.25) is 9.59 Å². The lowest BCUT2D eigenvalue weighted by molar-refractivity contribution is 0.0917. The third kappa shape index (κ3) is 3.32. The van der Waals surface area contributed by atoms with E-state index in [9.17, 15) is 9.59 Å². The van der Waals surface area contributed by atoms with Crippen LogP contribution in [0.15, 0.2) is 46.9 Å². The lowest BCUT2D eigenvalue weighted by Crippen LogP contribution is -2.23. The number of rotatable bonds is 4. The summed E-state index contributed by atoms with van der Waals surface area (Å²) in [6.45, 7) is 0.275. The van der Waals surface area contributed by atoms with Crippen molar-refractivity contribution in [1.82, 2.24) is 10.3 Å². The molecular formula is C16H12ClN3O3. The van der Waals surface area contributed by atoms with Gasteiger partial charge in [-0.05, 0) is 35.9 Å². The van der Waals surface area contributed by atoms with Gasteiger partial charge in [0.1, 0.15) is 5.52 Å². The number of primary amides is 1. The van der Waals surface area contributed by atoms with Crippen LogP contribution in [0.4, 0.5) is 0 Å². The van der Waals surface area contributed by atoms with Gasteiger partial charge >= 0.3 is 5.91 Å². The summed E-state index contributed by atoms with van der Waals surface area (Å²) < 4.78 is 5.38. The fourth-order valence-corrected chi connectivity index (χ4v) is 2.21. The zero-order valence-electron chi connectivity index (χ0n) is 11.9. The van der Waals surface area contributed by atoms with Gasteiger partial charge in [-0.1, -0.05) is 23.7 Å². The van der Waals surface area contributed by atoms with Crippen molar-refractivity contribution < 1.29 is 14.0 Å². The number of benzene rings is 2. The Balaban J connectivity index is 1.69. The molecule has 7 heteroatoms. The predicted octanol–water partition coefficient (Wildman–Crippen LogP) is 2.51. The van der Waals surface area contributed by atoms with E-state index in [-0.39, 0.29) is 12.4 Å². The summed E-state index contributed by atoms with van der Waals surface area (Å²) in [6, 6.07) is 11.6. The van der Waals surface area contributed by atoms with E-state index in [0.717, 1.165) is 5.56 Å². The minimum absolute atomic E-state index is 0.0315. The molecule has 0 radical (unpaired) electrons. The minimum atomic E-state index is -0.495. The predicted molar refractivity (Wildman–Crippen MR) is 85.1 cm³/mol. The number of halogens is 1. The van der Waals surface area contributed by atoms with Crippen molar-refractivity contribution in [3.8, 4) is 0 Å². The van der Waals surface area contributed by atoms with Crippen molar-refractivity contribution in [2.75, 3.05) is 0 Å². The Morgan fingerprint density at radius 1 is 1.17 bits per heavy atom. The smallest absolute Gasteiger partial charge is 0.307 e. The number of hydrogen-bond donors (Lipinski definition) is 2. The topological polar surface area (TPSA) is 98.2 Å². The van der Waals surface area contributed by atoms with Crippen LogP contribution in [0.25, 0.3) is 11.1 Å². The second-order valence-electron chi connectivity index (χ2n) is 4.87. The van der Waals surface area contributed by atoms with Gasteiger partial charge in [-0.25, -0.2) is 4.98 Å². The first kappa shape index (κ1) is 15.1. The third-order valence-corrected chi connectivity index (χ3v) is 3.47. The molecule has 3 aromatic rings. The number of hydrogen-bond acceptors (Lipinski definition) is 4. The average Bonchev–Trinajstić information content (AvgIpc) is 2.96. The van der Waals surface area contributed by atoms with Crippen molar-refractivity contribution in [2.45, 2.75) is 6.54 Å². The normalized spacial score (nSPS) is 10.7. The number of fused-ring (bicyclic) bond motifs is 1.